The van der Waals surface area contributed by atoms with Crippen LogP contribution in [0.15, 0.2) is 42.9 Å². The molecule has 0 fully saturated rings. The van der Waals surface area contributed by atoms with Gasteiger partial charge in [-0.1, -0.05) is 6.07 Å². The molecule has 0 spiro atoms. The van der Waals surface area contributed by atoms with E-state index in [4.69, 9.17) is 4.74 Å². The third-order valence-corrected chi connectivity index (χ3v) is 6.04. The molecule has 1 atom stereocenters. The Morgan fingerprint density at radius 1 is 1.14 bits per heavy atom. The van der Waals surface area contributed by atoms with Crippen LogP contribution in [0.3, 0.4) is 0 Å². The highest BCUT2D eigenvalue weighted by atomic mass is 19.2. The molecule has 1 aliphatic heterocycles. The zero-order valence-corrected chi connectivity index (χ0v) is 19.1. The number of nitrogens with zero attached hydrogens (tertiary/aromatic N) is 7. The van der Waals surface area contributed by atoms with E-state index < -0.39 is 17.0 Å². The maximum Gasteiger partial charge on any atom is 0.238 e. The summed E-state index contributed by atoms with van der Waals surface area (Å²) >= 11 is 0. The standard InChI is InChI=1S/C25H21F2N7O/c1-16-13-33(15-29-16)21-8-5-18(30-23(21)35-2)6-9-22-31-24-25(14-28,10-3-11-34(24)32-22)17-4-7-19(26)20(27)12-17/h4-9,12-13,15H,3,10-11H2,1-2H3/b9-6+/t25-/m0/s1. The first-order valence-corrected chi connectivity index (χ1v) is 11.0. The summed E-state index contributed by atoms with van der Waals surface area (Å²) in [7, 11) is 1.55. The van der Waals surface area contributed by atoms with Crippen molar-refractivity contribution in [3.05, 3.63) is 83.1 Å². The van der Waals surface area contributed by atoms with Gasteiger partial charge in [0.2, 0.25) is 5.88 Å². The van der Waals surface area contributed by atoms with E-state index in [-0.39, 0.29) is 0 Å². The molecule has 8 nitrogen and oxygen atoms in total. The molecule has 4 aromatic rings. The Morgan fingerprint density at radius 3 is 2.71 bits per heavy atom. The zero-order chi connectivity index (χ0) is 24.6. The summed E-state index contributed by atoms with van der Waals surface area (Å²) in [4.78, 5) is 13.4. The van der Waals surface area contributed by atoms with Crippen LogP contribution in [0, 0.1) is 29.9 Å². The molecular weight excluding hydrogens is 452 g/mol. The second kappa shape index (κ2) is 8.76. The number of imidazole rings is 1. The van der Waals surface area contributed by atoms with Gasteiger partial charge in [0.15, 0.2) is 23.3 Å². The fraction of sp³-hybridized carbons (Fsp3) is 0.240. The van der Waals surface area contributed by atoms with Gasteiger partial charge < -0.3 is 9.30 Å². The van der Waals surface area contributed by atoms with Gasteiger partial charge in [0.25, 0.3) is 0 Å². The number of aromatic nitrogens is 6. The summed E-state index contributed by atoms with van der Waals surface area (Å²) in [6, 6.07) is 9.53. The molecule has 5 rings (SSSR count). The number of hydrogen-bond donors (Lipinski definition) is 0. The normalized spacial score (nSPS) is 17.3. The first-order valence-electron chi connectivity index (χ1n) is 11.0. The number of halogens is 2. The Morgan fingerprint density at radius 2 is 2.00 bits per heavy atom. The van der Waals surface area contributed by atoms with E-state index in [1.807, 2.05) is 29.8 Å². The fourth-order valence-electron chi connectivity index (χ4n) is 4.31. The molecule has 0 bridgehead atoms. The quantitative estimate of drug-likeness (QED) is 0.431. The van der Waals surface area contributed by atoms with E-state index in [9.17, 15) is 14.0 Å². The monoisotopic (exact) mass is 473 g/mol. The molecule has 3 aromatic heterocycles. The van der Waals surface area contributed by atoms with Crippen LogP contribution in [0.1, 0.15) is 41.4 Å². The van der Waals surface area contributed by atoms with Crippen LogP contribution < -0.4 is 4.74 Å². The average molecular weight is 473 g/mol. The highest BCUT2D eigenvalue weighted by molar-refractivity contribution is 5.66. The van der Waals surface area contributed by atoms with Gasteiger partial charge >= 0.3 is 0 Å². The van der Waals surface area contributed by atoms with E-state index in [0.29, 0.717) is 48.2 Å². The Bertz CT molecular complexity index is 1480. The van der Waals surface area contributed by atoms with Crippen LogP contribution in [-0.2, 0) is 12.0 Å². The van der Waals surface area contributed by atoms with Crippen LogP contribution in [-0.4, -0.2) is 36.4 Å². The van der Waals surface area contributed by atoms with Crippen LogP contribution in [0.25, 0.3) is 17.8 Å². The van der Waals surface area contributed by atoms with E-state index in [1.54, 1.807) is 30.3 Å². The SMILES string of the molecule is COc1nc(/C=C/c2nc3n(n2)CCC[C@]3(C#N)c2ccc(F)c(F)c2)ccc1-n1cnc(C)c1. The summed E-state index contributed by atoms with van der Waals surface area (Å²) < 4.78 is 36.4. The third kappa shape index (κ3) is 3.95. The number of nitriles is 1. The summed E-state index contributed by atoms with van der Waals surface area (Å²) in [5.74, 6) is -0.723. The molecule has 1 aliphatic rings. The molecule has 4 heterocycles. The molecule has 0 saturated heterocycles. The lowest BCUT2D eigenvalue weighted by Gasteiger charge is -2.30. The molecule has 10 heteroatoms. The number of pyridine rings is 1. The Balaban J connectivity index is 1.47. The van der Waals surface area contributed by atoms with Crippen molar-refractivity contribution in [2.45, 2.75) is 31.7 Å². The molecular formula is C25H21F2N7O. The highest BCUT2D eigenvalue weighted by Gasteiger charge is 2.42. The van der Waals surface area contributed by atoms with E-state index in [1.165, 1.54) is 6.07 Å². The van der Waals surface area contributed by atoms with Crippen molar-refractivity contribution in [2.75, 3.05) is 7.11 Å². The number of aryl methyl sites for hydroxylation is 2. The number of benzene rings is 1. The molecule has 1 aromatic carbocycles. The van der Waals surface area contributed by atoms with Crippen molar-refractivity contribution >= 4 is 12.2 Å². The largest absolute Gasteiger partial charge is 0.479 e. The summed E-state index contributed by atoms with van der Waals surface area (Å²) in [5.41, 5.74) is 1.41. The maximum atomic E-state index is 14.0. The fourth-order valence-corrected chi connectivity index (χ4v) is 4.31. The zero-order valence-electron chi connectivity index (χ0n) is 19.1. The Labute approximate surface area is 200 Å². The first kappa shape index (κ1) is 22.4. The second-order valence-electron chi connectivity index (χ2n) is 8.29. The van der Waals surface area contributed by atoms with E-state index in [2.05, 4.69) is 26.1 Å². The number of fused-ring (bicyclic) bond motifs is 1. The molecule has 0 unspecified atom stereocenters. The summed E-state index contributed by atoms with van der Waals surface area (Å²) in [6.07, 6.45) is 8.10. The van der Waals surface area contributed by atoms with Gasteiger partial charge in [-0.2, -0.15) is 10.4 Å². The Hall–Kier alpha value is -4.39. The van der Waals surface area contributed by atoms with Crippen molar-refractivity contribution in [1.29, 1.82) is 5.26 Å². The molecule has 35 heavy (non-hydrogen) atoms. The van der Waals surface area contributed by atoms with Crippen LogP contribution in [0.2, 0.25) is 0 Å². The van der Waals surface area contributed by atoms with Gasteiger partial charge in [0, 0.05) is 12.7 Å². The molecule has 0 radical (unpaired) electrons. The smallest absolute Gasteiger partial charge is 0.238 e. The van der Waals surface area contributed by atoms with Crippen molar-refractivity contribution < 1.29 is 13.5 Å². The van der Waals surface area contributed by atoms with Crippen molar-refractivity contribution in [2.24, 2.45) is 0 Å². The van der Waals surface area contributed by atoms with Gasteiger partial charge in [-0.3, -0.25) is 0 Å². The van der Waals surface area contributed by atoms with Crippen molar-refractivity contribution in [3.63, 3.8) is 0 Å². The predicted molar refractivity (Wildman–Crippen MR) is 124 cm³/mol. The number of ether oxygens (including phenoxy) is 1. The molecule has 176 valence electrons. The lowest BCUT2D eigenvalue weighted by atomic mass is 9.75. The number of methoxy groups -OCH3 is 1. The molecule has 0 saturated carbocycles. The highest BCUT2D eigenvalue weighted by Crippen LogP contribution is 2.39. The minimum absolute atomic E-state index is 0.361. The van der Waals surface area contributed by atoms with Crippen molar-refractivity contribution in [3.8, 4) is 17.6 Å². The second-order valence-corrected chi connectivity index (χ2v) is 8.29. The van der Waals surface area contributed by atoms with Gasteiger partial charge in [0.05, 0.1) is 30.9 Å². The lowest BCUT2D eigenvalue weighted by molar-refractivity contribution is 0.390. The minimum atomic E-state index is -1.21. The minimum Gasteiger partial charge on any atom is -0.479 e. The van der Waals surface area contributed by atoms with Crippen LogP contribution in [0.5, 0.6) is 5.88 Å². The maximum absolute atomic E-state index is 14.0. The van der Waals surface area contributed by atoms with E-state index in [0.717, 1.165) is 23.5 Å². The number of hydrogen-bond acceptors (Lipinski definition) is 6. The molecule has 0 amide bonds. The van der Waals surface area contributed by atoms with E-state index >= 15 is 0 Å². The number of rotatable bonds is 5. The summed E-state index contributed by atoms with van der Waals surface area (Å²) in [6.45, 7) is 2.48. The summed E-state index contributed by atoms with van der Waals surface area (Å²) in [5, 5.41) is 14.6. The lowest BCUT2D eigenvalue weighted by Crippen LogP contribution is -2.34. The Kier molecular flexibility index (Phi) is 5.61. The van der Waals surface area contributed by atoms with Gasteiger partial charge in [-0.25, -0.2) is 28.4 Å². The van der Waals surface area contributed by atoms with Gasteiger partial charge in [0.1, 0.15) is 11.1 Å². The van der Waals surface area contributed by atoms with Crippen LogP contribution in [0.4, 0.5) is 8.78 Å². The molecule has 0 aliphatic carbocycles. The predicted octanol–water partition coefficient (Wildman–Crippen LogP) is 4.23. The van der Waals surface area contributed by atoms with Gasteiger partial charge in [-0.15, -0.1) is 0 Å². The van der Waals surface area contributed by atoms with Crippen molar-refractivity contribution in [1.82, 2.24) is 29.3 Å². The topological polar surface area (TPSA) is 94.4 Å². The molecule has 0 N–H and O–H groups in total. The first-order chi connectivity index (χ1) is 16.9. The van der Waals surface area contributed by atoms with Crippen LogP contribution >= 0.6 is 0 Å². The average Bonchev–Trinajstić information content (AvgIpc) is 3.50. The third-order valence-electron chi connectivity index (χ3n) is 6.04. The van der Waals surface area contributed by atoms with Gasteiger partial charge in [-0.05, 0) is 61.7 Å².